The lowest BCUT2D eigenvalue weighted by Crippen LogP contribution is -2.04. The van der Waals surface area contributed by atoms with Crippen molar-refractivity contribution in [2.24, 2.45) is 0 Å². The highest BCUT2D eigenvalue weighted by molar-refractivity contribution is 5.47. The third-order valence-corrected chi connectivity index (χ3v) is 2.89. The molecule has 0 unspecified atom stereocenters. The van der Waals surface area contributed by atoms with Crippen molar-refractivity contribution in [3.8, 4) is 11.5 Å². The third-order valence-electron chi connectivity index (χ3n) is 2.89. The van der Waals surface area contributed by atoms with Crippen LogP contribution in [-0.4, -0.2) is 14.2 Å². The zero-order valence-corrected chi connectivity index (χ0v) is 11.5. The van der Waals surface area contributed by atoms with Crippen molar-refractivity contribution < 1.29 is 22.6 Å². The highest BCUT2D eigenvalue weighted by Gasteiger charge is 2.11. The molecule has 0 amide bonds. The molecule has 0 saturated carbocycles. The minimum absolute atomic E-state index is 0.160. The Kier molecular flexibility index (Phi) is 4.57. The smallest absolute Gasteiger partial charge is 0.182 e. The Morgan fingerprint density at radius 1 is 0.905 bits per heavy atom. The number of benzene rings is 2. The molecule has 0 saturated heterocycles. The molecule has 21 heavy (non-hydrogen) atoms. The Hall–Kier alpha value is -2.37. The van der Waals surface area contributed by atoms with Crippen molar-refractivity contribution in [1.29, 1.82) is 0 Å². The maximum Gasteiger partial charge on any atom is 0.182 e. The highest BCUT2D eigenvalue weighted by atomic mass is 19.2. The van der Waals surface area contributed by atoms with Crippen LogP contribution in [-0.2, 0) is 6.54 Å². The second kappa shape index (κ2) is 6.39. The van der Waals surface area contributed by atoms with Crippen molar-refractivity contribution in [1.82, 2.24) is 0 Å². The van der Waals surface area contributed by atoms with E-state index in [9.17, 15) is 13.2 Å². The fourth-order valence-electron chi connectivity index (χ4n) is 1.85. The van der Waals surface area contributed by atoms with Crippen LogP contribution in [0.25, 0.3) is 0 Å². The zero-order valence-electron chi connectivity index (χ0n) is 11.5. The second-order valence-electron chi connectivity index (χ2n) is 4.32. The number of hydrogen-bond donors (Lipinski definition) is 1. The minimum Gasteiger partial charge on any atom is -0.497 e. The van der Waals surface area contributed by atoms with E-state index in [4.69, 9.17) is 9.47 Å². The van der Waals surface area contributed by atoms with Crippen molar-refractivity contribution in [3.05, 3.63) is 53.3 Å². The van der Waals surface area contributed by atoms with Gasteiger partial charge >= 0.3 is 0 Å². The van der Waals surface area contributed by atoms with Gasteiger partial charge in [-0.15, -0.1) is 0 Å². The number of hydrogen-bond acceptors (Lipinski definition) is 3. The van der Waals surface area contributed by atoms with Gasteiger partial charge in [0, 0.05) is 24.7 Å². The molecule has 2 rings (SSSR count). The standard InChI is InChI=1S/C15H14F3NO2/c1-20-11-3-9(4-12(7-11)21-2)8-19-14-6-10(16)5-13(17)15(14)18/h3-7,19H,8H2,1-2H3. The molecule has 3 nitrogen and oxygen atoms in total. The van der Waals surface area contributed by atoms with Gasteiger partial charge in [0.15, 0.2) is 11.6 Å². The van der Waals surface area contributed by atoms with Gasteiger partial charge in [-0.1, -0.05) is 0 Å². The van der Waals surface area contributed by atoms with Gasteiger partial charge in [0.1, 0.15) is 17.3 Å². The molecule has 112 valence electrons. The van der Waals surface area contributed by atoms with E-state index in [1.54, 1.807) is 18.2 Å². The molecule has 0 fully saturated rings. The summed E-state index contributed by atoms with van der Waals surface area (Å²) in [5.74, 6) is -2.07. The second-order valence-corrected chi connectivity index (χ2v) is 4.32. The Balaban J connectivity index is 2.20. The van der Waals surface area contributed by atoms with Crippen LogP contribution in [0.1, 0.15) is 5.56 Å². The van der Waals surface area contributed by atoms with Gasteiger partial charge < -0.3 is 14.8 Å². The summed E-state index contributed by atoms with van der Waals surface area (Å²) in [6, 6.07) is 6.50. The van der Waals surface area contributed by atoms with Crippen molar-refractivity contribution >= 4 is 5.69 Å². The van der Waals surface area contributed by atoms with E-state index in [1.165, 1.54) is 14.2 Å². The minimum atomic E-state index is -1.24. The van der Waals surface area contributed by atoms with Gasteiger partial charge in [0.25, 0.3) is 0 Å². The van der Waals surface area contributed by atoms with Gasteiger partial charge in [-0.05, 0) is 17.7 Å². The summed E-state index contributed by atoms with van der Waals surface area (Å²) in [7, 11) is 3.02. The van der Waals surface area contributed by atoms with Gasteiger partial charge in [-0.2, -0.15) is 0 Å². The van der Waals surface area contributed by atoms with Crippen LogP contribution >= 0.6 is 0 Å². The van der Waals surface area contributed by atoms with Crippen LogP contribution in [0.3, 0.4) is 0 Å². The fourth-order valence-corrected chi connectivity index (χ4v) is 1.85. The van der Waals surface area contributed by atoms with E-state index >= 15 is 0 Å². The molecule has 6 heteroatoms. The van der Waals surface area contributed by atoms with E-state index in [0.717, 1.165) is 11.6 Å². The lowest BCUT2D eigenvalue weighted by atomic mass is 10.2. The van der Waals surface area contributed by atoms with Crippen LogP contribution in [0.15, 0.2) is 30.3 Å². The molecule has 0 bridgehead atoms. The molecule has 0 aliphatic heterocycles. The first-order valence-corrected chi connectivity index (χ1v) is 6.14. The molecule has 1 N–H and O–H groups in total. The number of anilines is 1. The molecular formula is C15H14F3NO2. The summed E-state index contributed by atoms with van der Waals surface area (Å²) in [6.07, 6.45) is 0. The topological polar surface area (TPSA) is 30.5 Å². The van der Waals surface area contributed by atoms with Gasteiger partial charge in [0.05, 0.1) is 19.9 Å². The molecule has 2 aromatic rings. The number of ether oxygens (including phenoxy) is 2. The predicted molar refractivity (Wildman–Crippen MR) is 73.2 cm³/mol. The quantitative estimate of drug-likeness (QED) is 0.853. The molecule has 0 aliphatic rings. The number of methoxy groups -OCH3 is 2. The van der Waals surface area contributed by atoms with Crippen LogP contribution in [0.2, 0.25) is 0 Å². The van der Waals surface area contributed by atoms with E-state index in [-0.39, 0.29) is 12.2 Å². The third kappa shape index (κ3) is 3.59. The lowest BCUT2D eigenvalue weighted by Gasteiger charge is -2.11. The van der Waals surface area contributed by atoms with E-state index < -0.39 is 17.5 Å². The summed E-state index contributed by atoms with van der Waals surface area (Å²) < 4.78 is 49.9. The predicted octanol–water partition coefficient (Wildman–Crippen LogP) is 3.73. The van der Waals surface area contributed by atoms with E-state index in [0.29, 0.717) is 17.6 Å². The number of halogens is 3. The summed E-state index contributed by atoms with van der Waals surface area (Å²) >= 11 is 0. The Morgan fingerprint density at radius 3 is 2.10 bits per heavy atom. The van der Waals surface area contributed by atoms with Crippen LogP contribution < -0.4 is 14.8 Å². The molecule has 0 spiro atoms. The van der Waals surface area contributed by atoms with Crippen LogP contribution in [0, 0.1) is 17.5 Å². The molecule has 0 heterocycles. The molecule has 0 aromatic heterocycles. The summed E-state index contributed by atoms with van der Waals surface area (Å²) in [4.78, 5) is 0. The van der Waals surface area contributed by atoms with E-state index in [1.807, 2.05) is 0 Å². The fraction of sp³-hybridized carbons (Fsp3) is 0.200. The summed E-state index contributed by atoms with van der Waals surface area (Å²) in [6.45, 7) is 0.160. The zero-order chi connectivity index (χ0) is 15.4. The van der Waals surface area contributed by atoms with E-state index in [2.05, 4.69) is 5.32 Å². The largest absolute Gasteiger partial charge is 0.497 e. The maximum absolute atomic E-state index is 13.5. The molecule has 2 aromatic carbocycles. The van der Waals surface area contributed by atoms with Gasteiger partial charge in [-0.3, -0.25) is 0 Å². The first-order valence-electron chi connectivity index (χ1n) is 6.14. The maximum atomic E-state index is 13.5. The van der Waals surface area contributed by atoms with Gasteiger partial charge in [0.2, 0.25) is 0 Å². The average molecular weight is 297 g/mol. The first kappa shape index (κ1) is 15.0. The molecule has 0 radical (unpaired) electrons. The lowest BCUT2D eigenvalue weighted by molar-refractivity contribution is 0.393. The van der Waals surface area contributed by atoms with Gasteiger partial charge in [-0.25, -0.2) is 13.2 Å². The van der Waals surface area contributed by atoms with Crippen molar-refractivity contribution in [2.45, 2.75) is 6.54 Å². The monoisotopic (exact) mass is 297 g/mol. The van der Waals surface area contributed by atoms with Crippen LogP contribution in [0.4, 0.5) is 18.9 Å². The Bertz CT molecular complexity index is 625. The van der Waals surface area contributed by atoms with Crippen molar-refractivity contribution in [2.75, 3.05) is 19.5 Å². The summed E-state index contributed by atoms with van der Waals surface area (Å²) in [5, 5.41) is 2.65. The normalized spacial score (nSPS) is 10.3. The summed E-state index contributed by atoms with van der Waals surface area (Å²) in [5.41, 5.74) is 0.476. The molecular weight excluding hydrogens is 283 g/mol. The number of nitrogens with one attached hydrogen (secondary N) is 1. The molecule has 0 atom stereocenters. The first-order chi connectivity index (χ1) is 10.0. The van der Waals surface area contributed by atoms with Crippen molar-refractivity contribution in [3.63, 3.8) is 0 Å². The molecule has 0 aliphatic carbocycles. The number of rotatable bonds is 5. The highest BCUT2D eigenvalue weighted by Crippen LogP contribution is 2.24. The Morgan fingerprint density at radius 2 is 1.52 bits per heavy atom. The SMILES string of the molecule is COc1cc(CNc2cc(F)cc(F)c2F)cc(OC)c1. The Labute approximate surface area is 120 Å². The average Bonchev–Trinajstić information content (AvgIpc) is 2.48. The van der Waals surface area contributed by atoms with Crippen LogP contribution in [0.5, 0.6) is 11.5 Å².